The number of hydrogen-bond donors (Lipinski definition) is 2. The van der Waals surface area contributed by atoms with Gasteiger partial charge in [-0.25, -0.2) is 8.42 Å². The Bertz CT molecular complexity index is 1030. The number of carbonyl (C=O) groups excluding carboxylic acids is 1. The van der Waals surface area contributed by atoms with Crippen molar-refractivity contribution in [1.29, 1.82) is 0 Å². The molecule has 0 atom stereocenters. The van der Waals surface area contributed by atoms with Crippen molar-refractivity contribution in [3.05, 3.63) is 95.6 Å². The van der Waals surface area contributed by atoms with Gasteiger partial charge in [0.15, 0.2) is 0 Å². The molecule has 0 heterocycles. The number of aryl methyl sites for hydroxylation is 1. The molecule has 0 bridgehead atoms. The lowest BCUT2D eigenvalue weighted by Crippen LogP contribution is -2.19. The highest BCUT2D eigenvalue weighted by molar-refractivity contribution is 7.91. The molecule has 0 saturated heterocycles. The second-order valence-corrected chi connectivity index (χ2v) is 7.93. The van der Waals surface area contributed by atoms with E-state index >= 15 is 0 Å². The predicted molar refractivity (Wildman–Crippen MR) is 108 cm³/mol. The van der Waals surface area contributed by atoms with E-state index < -0.39 is 10.0 Å². The highest BCUT2D eigenvalue weighted by atomic mass is 32.2. The van der Waals surface area contributed by atoms with E-state index in [1.807, 2.05) is 25.1 Å². The van der Waals surface area contributed by atoms with E-state index in [2.05, 4.69) is 10.0 Å². The molecule has 1 amide bonds. The molecule has 3 rings (SSSR count). The smallest absolute Gasteiger partial charge is 0.257 e. The molecule has 27 heavy (non-hydrogen) atoms. The van der Waals surface area contributed by atoms with Crippen LogP contribution >= 0.6 is 0 Å². The minimum atomic E-state index is -3.65. The van der Waals surface area contributed by atoms with Crippen LogP contribution < -0.4 is 10.0 Å². The minimum Gasteiger partial charge on any atom is -0.322 e. The predicted octanol–water partition coefficient (Wildman–Crippen LogP) is 4.19. The summed E-state index contributed by atoms with van der Waals surface area (Å²) in [6.07, 6.45) is 0. The Morgan fingerprint density at radius 1 is 0.852 bits per heavy atom. The lowest BCUT2D eigenvalue weighted by molar-refractivity contribution is 0.102. The van der Waals surface area contributed by atoms with Crippen LogP contribution in [0.3, 0.4) is 0 Å². The molecule has 3 aromatic carbocycles. The second kappa shape index (κ2) is 8.05. The number of hydrogen-bond acceptors (Lipinski definition) is 3. The Hall–Kier alpha value is -3.12. The fraction of sp³-hybridized carbons (Fsp3) is 0.0952. The molecule has 0 spiro atoms. The molecule has 3 aromatic rings. The van der Waals surface area contributed by atoms with Crippen molar-refractivity contribution in [2.75, 3.05) is 10.0 Å². The molecule has 0 fully saturated rings. The minimum absolute atomic E-state index is 0.165. The summed E-state index contributed by atoms with van der Waals surface area (Å²) < 4.78 is 27.5. The number of rotatable bonds is 6. The maximum absolute atomic E-state index is 12.6. The molecular formula is C21H20N2O3S. The van der Waals surface area contributed by atoms with E-state index in [0.717, 1.165) is 5.56 Å². The first kappa shape index (κ1) is 18.7. The third kappa shape index (κ3) is 5.18. The lowest BCUT2D eigenvalue weighted by atomic mass is 10.1. The number of anilines is 2. The maximum atomic E-state index is 12.6. The van der Waals surface area contributed by atoms with Crippen molar-refractivity contribution in [2.24, 2.45) is 0 Å². The molecule has 0 aliphatic carbocycles. The maximum Gasteiger partial charge on any atom is 0.257 e. The Morgan fingerprint density at radius 3 is 2.19 bits per heavy atom. The van der Waals surface area contributed by atoms with Gasteiger partial charge in [0, 0.05) is 5.69 Å². The average Bonchev–Trinajstić information content (AvgIpc) is 2.64. The van der Waals surface area contributed by atoms with Gasteiger partial charge >= 0.3 is 0 Å². The van der Waals surface area contributed by atoms with Crippen molar-refractivity contribution < 1.29 is 13.2 Å². The van der Waals surface area contributed by atoms with Gasteiger partial charge in [0.05, 0.1) is 17.0 Å². The van der Waals surface area contributed by atoms with Crippen LogP contribution in [0.15, 0.2) is 78.9 Å². The van der Waals surface area contributed by atoms with Crippen LogP contribution in [-0.4, -0.2) is 14.3 Å². The number of amides is 1. The molecule has 0 aromatic heterocycles. The highest BCUT2D eigenvalue weighted by Crippen LogP contribution is 2.20. The van der Waals surface area contributed by atoms with Crippen LogP contribution in [0, 0.1) is 6.92 Å². The van der Waals surface area contributed by atoms with Crippen molar-refractivity contribution in [2.45, 2.75) is 12.7 Å². The zero-order valence-electron chi connectivity index (χ0n) is 14.8. The van der Waals surface area contributed by atoms with Crippen LogP contribution in [0.5, 0.6) is 0 Å². The number of nitrogens with one attached hydrogen (secondary N) is 2. The summed E-state index contributed by atoms with van der Waals surface area (Å²) in [7, 11) is -3.65. The third-order valence-corrected chi connectivity index (χ3v) is 5.19. The van der Waals surface area contributed by atoms with Gasteiger partial charge in [-0.3, -0.25) is 9.52 Å². The van der Waals surface area contributed by atoms with Crippen molar-refractivity contribution in [1.82, 2.24) is 0 Å². The number of sulfonamides is 1. The van der Waals surface area contributed by atoms with Gasteiger partial charge in [-0.2, -0.15) is 0 Å². The first-order chi connectivity index (χ1) is 12.9. The summed E-state index contributed by atoms with van der Waals surface area (Å²) in [6.45, 7) is 1.96. The van der Waals surface area contributed by atoms with Gasteiger partial charge < -0.3 is 5.32 Å². The Morgan fingerprint density at radius 2 is 1.48 bits per heavy atom. The van der Waals surface area contributed by atoms with Crippen LogP contribution in [-0.2, 0) is 15.8 Å². The van der Waals surface area contributed by atoms with E-state index in [9.17, 15) is 13.2 Å². The molecule has 6 heteroatoms. The summed E-state index contributed by atoms with van der Waals surface area (Å²) in [5.41, 5.74) is 2.91. The number of para-hydroxylation sites is 1. The van der Waals surface area contributed by atoms with Crippen LogP contribution in [0.25, 0.3) is 0 Å². The molecular weight excluding hydrogens is 360 g/mol. The summed E-state index contributed by atoms with van der Waals surface area (Å²) in [5, 5.41) is 2.79. The van der Waals surface area contributed by atoms with E-state index in [1.54, 1.807) is 60.7 Å². The fourth-order valence-electron chi connectivity index (χ4n) is 2.60. The quantitative estimate of drug-likeness (QED) is 0.673. The zero-order chi connectivity index (χ0) is 19.3. The molecule has 0 saturated carbocycles. The fourth-order valence-corrected chi connectivity index (χ4v) is 3.82. The summed E-state index contributed by atoms with van der Waals surface area (Å²) >= 11 is 0. The van der Waals surface area contributed by atoms with Gasteiger partial charge in [-0.1, -0.05) is 60.2 Å². The van der Waals surface area contributed by atoms with Crippen molar-refractivity contribution in [3.63, 3.8) is 0 Å². The molecule has 5 nitrogen and oxygen atoms in total. The van der Waals surface area contributed by atoms with E-state index in [0.29, 0.717) is 11.3 Å². The largest absolute Gasteiger partial charge is 0.322 e. The standard InChI is InChI=1S/C21H20N2O3S/c1-16-11-13-18(14-12-16)22-21(24)19-9-5-6-10-20(19)23-27(25,26)15-17-7-3-2-4-8-17/h2-14,23H,15H2,1H3,(H,22,24). The molecule has 0 aliphatic heterocycles. The average molecular weight is 380 g/mol. The topological polar surface area (TPSA) is 75.3 Å². The molecule has 2 N–H and O–H groups in total. The van der Waals surface area contributed by atoms with Gasteiger partial charge in [0.25, 0.3) is 5.91 Å². The van der Waals surface area contributed by atoms with Gasteiger partial charge in [0.2, 0.25) is 10.0 Å². The van der Waals surface area contributed by atoms with Crippen LogP contribution in [0.4, 0.5) is 11.4 Å². The summed E-state index contributed by atoms with van der Waals surface area (Å²) in [4.78, 5) is 12.6. The van der Waals surface area contributed by atoms with Gasteiger partial charge in [-0.15, -0.1) is 0 Å². The number of carbonyl (C=O) groups is 1. The third-order valence-electron chi connectivity index (χ3n) is 3.95. The van der Waals surface area contributed by atoms with Crippen molar-refractivity contribution >= 4 is 27.3 Å². The zero-order valence-corrected chi connectivity index (χ0v) is 15.7. The van der Waals surface area contributed by atoms with Gasteiger partial charge in [0.1, 0.15) is 0 Å². The van der Waals surface area contributed by atoms with E-state index in [4.69, 9.17) is 0 Å². The Kier molecular flexibility index (Phi) is 5.57. The number of benzene rings is 3. The van der Waals surface area contributed by atoms with E-state index in [-0.39, 0.29) is 22.9 Å². The Balaban J connectivity index is 1.79. The molecule has 0 aliphatic rings. The molecule has 0 unspecified atom stereocenters. The first-order valence-corrected chi connectivity index (χ1v) is 10.1. The lowest BCUT2D eigenvalue weighted by Gasteiger charge is -2.13. The van der Waals surface area contributed by atoms with Crippen LogP contribution in [0.2, 0.25) is 0 Å². The SMILES string of the molecule is Cc1ccc(NC(=O)c2ccccc2NS(=O)(=O)Cc2ccccc2)cc1. The monoisotopic (exact) mass is 380 g/mol. The first-order valence-electron chi connectivity index (χ1n) is 8.44. The van der Waals surface area contributed by atoms with Crippen molar-refractivity contribution in [3.8, 4) is 0 Å². The summed E-state index contributed by atoms with van der Waals surface area (Å²) in [5.74, 6) is -0.543. The highest BCUT2D eigenvalue weighted by Gasteiger charge is 2.17. The molecule has 138 valence electrons. The van der Waals surface area contributed by atoms with E-state index in [1.165, 1.54) is 0 Å². The molecule has 0 radical (unpaired) electrons. The normalized spacial score (nSPS) is 11.0. The van der Waals surface area contributed by atoms with Gasteiger partial charge in [-0.05, 0) is 36.8 Å². The Labute approximate surface area is 159 Å². The summed E-state index contributed by atoms with van der Waals surface area (Å²) in [6, 6.07) is 22.8. The second-order valence-electron chi connectivity index (χ2n) is 6.21. The van der Waals surface area contributed by atoms with Crippen LogP contribution in [0.1, 0.15) is 21.5 Å².